The number of hydrogen-bond acceptors (Lipinski definition) is 19. The van der Waals surface area contributed by atoms with Gasteiger partial charge in [-0.25, -0.2) is 19.2 Å². The summed E-state index contributed by atoms with van der Waals surface area (Å²) < 4.78 is 50.8. The van der Waals surface area contributed by atoms with Crippen LogP contribution in [0.1, 0.15) is 121 Å². The van der Waals surface area contributed by atoms with Crippen LogP contribution >= 0.6 is 0 Å². The molecular weight excluding hydrogens is 1320 g/mol. The van der Waals surface area contributed by atoms with Crippen LogP contribution in [0.2, 0.25) is 0 Å². The highest BCUT2D eigenvalue weighted by atomic mass is 16.6. The van der Waals surface area contributed by atoms with E-state index in [0.29, 0.717) is 33.9 Å². The van der Waals surface area contributed by atoms with E-state index >= 15 is 0 Å². The predicted molar refractivity (Wildman–Crippen MR) is 384 cm³/mol. The number of rotatable bonds is 25. The number of aliphatic hydroxyl groups excluding tert-OH is 1. The molecule has 2 aliphatic rings. The maximum atomic E-state index is 14.9. The maximum absolute atomic E-state index is 14.9. The molecule has 4 heterocycles. The highest BCUT2D eigenvalue weighted by molar-refractivity contribution is 5.81. The maximum Gasteiger partial charge on any atom is 0.408 e. The lowest BCUT2D eigenvalue weighted by Gasteiger charge is -2.42. The number of ether oxygens (including phenoxy) is 8. The fourth-order valence-corrected chi connectivity index (χ4v) is 12.7. The smallest absolute Gasteiger partial charge is 0.408 e. The van der Waals surface area contributed by atoms with Crippen LogP contribution in [0.15, 0.2) is 214 Å². The summed E-state index contributed by atoms with van der Waals surface area (Å²) in [6.45, 7) is 18.1. The molecule has 0 radical (unpaired) electrons. The van der Waals surface area contributed by atoms with Crippen molar-refractivity contribution in [1.29, 1.82) is 0 Å². The van der Waals surface area contributed by atoms with Crippen LogP contribution in [0.5, 0.6) is 11.5 Å². The summed E-state index contributed by atoms with van der Waals surface area (Å²) in [5.41, 5.74) is 16.1. The number of azide groups is 2. The number of nitrogens with zero attached hydrogens (tertiary/aromatic N) is 10. The molecule has 0 spiro atoms. The van der Waals surface area contributed by atoms with Crippen molar-refractivity contribution in [3.05, 3.63) is 275 Å². The fourth-order valence-electron chi connectivity index (χ4n) is 12.7. The molecule has 2 fully saturated rings. The summed E-state index contributed by atoms with van der Waals surface area (Å²) in [5, 5.41) is 24.9. The van der Waals surface area contributed by atoms with E-state index in [-0.39, 0.29) is 17.7 Å². The molecular formula is C77H88N12O14. The lowest BCUT2D eigenvalue weighted by molar-refractivity contribution is -0.182. The van der Waals surface area contributed by atoms with Gasteiger partial charge in [-0.05, 0) is 120 Å². The molecule has 10 atom stereocenters. The number of benzene rings is 6. The molecule has 0 unspecified atom stereocenters. The minimum Gasteiger partial charge on any atom is -0.497 e. The van der Waals surface area contributed by atoms with Crippen LogP contribution in [-0.2, 0) is 49.2 Å². The SMILES string of the molecule is COc1ccc(C(Nc2ccn([C@@H]3O[C@@](COC(=O)[C@@H](NC(=O)OC(C)(C)C)C(C)C)(N=[N+]=[N-])[C@@H](OC(c4ccccc4)(c4ccccc4)c4ccc(OC)cc4)[C@@H]3C)c(=O)n2)(c2ccccc2)c2ccccc2)cc1.Cc1ccn([C@@H]2O[C@@](COC(=O)[C@@H](C)C(C)C)(N=[N+]=[N-])[C@@H](O)[C@@H]2C)c(=O)n1. The molecule has 6 aromatic carbocycles. The minimum atomic E-state index is -2.16. The van der Waals surface area contributed by atoms with Crippen LogP contribution in [-0.4, -0.2) is 105 Å². The van der Waals surface area contributed by atoms with Gasteiger partial charge in [-0.15, -0.1) is 0 Å². The van der Waals surface area contributed by atoms with Crippen molar-refractivity contribution in [1.82, 2.24) is 24.4 Å². The second-order valence-corrected chi connectivity index (χ2v) is 27.1. The number of alkyl carbamates (subject to hydrolysis) is 1. The van der Waals surface area contributed by atoms with Gasteiger partial charge in [-0.3, -0.25) is 13.9 Å². The Morgan fingerprint density at radius 1 is 0.592 bits per heavy atom. The molecule has 0 aliphatic carbocycles. The van der Waals surface area contributed by atoms with Crippen molar-refractivity contribution >= 4 is 23.8 Å². The first-order valence-electron chi connectivity index (χ1n) is 33.8. The molecule has 3 N–H and O–H groups in total. The number of amides is 1. The van der Waals surface area contributed by atoms with E-state index in [1.807, 2.05) is 184 Å². The van der Waals surface area contributed by atoms with Crippen LogP contribution in [0.4, 0.5) is 10.6 Å². The number of aliphatic hydroxyl groups is 1. The molecule has 1 amide bonds. The van der Waals surface area contributed by atoms with E-state index in [9.17, 15) is 34.6 Å². The number of aromatic nitrogens is 4. The van der Waals surface area contributed by atoms with Crippen LogP contribution in [0.25, 0.3) is 20.9 Å². The molecule has 103 heavy (non-hydrogen) atoms. The van der Waals surface area contributed by atoms with Gasteiger partial charge in [-0.2, -0.15) is 9.97 Å². The highest BCUT2D eigenvalue weighted by Gasteiger charge is 2.60. The largest absolute Gasteiger partial charge is 0.497 e. The summed E-state index contributed by atoms with van der Waals surface area (Å²) in [5.74, 6) is -2.07. The van der Waals surface area contributed by atoms with Crippen molar-refractivity contribution in [2.45, 2.75) is 135 Å². The zero-order chi connectivity index (χ0) is 74.4. The monoisotopic (exact) mass is 1400 g/mol. The average Bonchev–Trinajstić information content (AvgIpc) is 1.70. The summed E-state index contributed by atoms with van der Waals surface area (Å²) in [7, 11) is 3.19. The first-order chi connectivity index (χ1) is 49.2. The third-order valence-electron chi connectivity index (χ3n) is 18.4. The molecule has 0 bridgehead atoms. The van der Waals surface area contributed by atoms with E-state index < -0.39 is 119 Å². The number of carbonyl (C=O) groups is 3. The quantitative estimate of drug-likeness (QED) is 0.0119. The van der Waals surface area contributed by atoms with Crippen molar-refractivity contribution in [3.63, 3.8) is 0 Å². The van der Waals surface area contributed by atoms with Gasteiger partial charge in [-0.1, -0.05) is 204 Å². The summed E-state index contributed by atoms with van der Waals surface area (Å²) in [6.07, 6.45) is -2.50. The van der Waals surface area contributed by atoms with Gasteiger partial charge in [0.15, 0.2) is 0 Å². The van der Waals surface area contributed by atoms with Crippen LogP contribution in [0.3, 0.4) is 0 Å². The van der Waals surface area contributed by atoms with E-state index in [4.69, 9.17) is 43.4 Å². The van der Waals surface area contributed by atoms with Gasteiger partial charge < -0.3 is 53.6 Å². The molecule has 2 saturated heterocycles. The lowest BCUT2D eigenvalue weighted by atomic mass is 9.77. The lowest BCUT2D eigenvalue weighted by Crippen LogP contribution is -2.52. The second kappa shape index (κ2) is 32.9. The van der Waals surface area contributed by atoms with E-state index in [1.54, 1.807) is 94.9 Å². The Hall–Kier alpha value is -10.8. The Kier molecular flexibility index (Phi) is 24.4. The van der Waals surface area contributed by atoms with Gasteiger partial charge in [0.05, 0.1) is 26.2 Å². The third-order valence-corrected chi connectivity index (χ3v) is 18.4. The Bertz CT molecular complexity index is 4340. The number of nitrogens with one attached hydrogen (secondary N) is 2. The fraction of sp³-hybridized carbons (Fsp3) is 0.390. The van der Waals surface area contributed by atoms with Gasteiger partial charge >= 0.3 is 29.4 Å². The molecule has 2 aromatic heterocycles. The number of carbonyl (C=O) groups excluding carboxylic acids is 3. The number of methoxy groups -OCH3 is 2. The first-order valence-corrected chi connectivity index (χ1v) is 33.8. The predicted octanol–water partition coefficient (Wildman–Crippen LogP) is 13.2. The van der Waals surface area contributed by atoms with Gasteiger partial charge in [0.2, 0.25) is 11.4 Å². The first kappa shape index (κ1) is 76.3. The Balaban J connectivity index is 0.000000382. The van der Waals surface area contributed by atoms with Gasteiger partial charge in [0.25, 0.3) is 0 Å². The average molecular weight is 1410 g/mol. The van der Waals surface area contributed by atoms with Gasteiger partial charge in [0, 0.05) is 39.7 Å². The molecule has 26 heteroatoms. The molecule has 540 valence electrons. The van der Waals surface area contributed by atoms with Crippen molar-refractivity contribution in [2.75, 3.05) is 32.8 Å². The second-order valence-electron chi connectivity index (χ2n) is 27.1. The number of hydrogen-bond donors (Lipinski definition) is 3. The Labute approximate surface area is 597 Å². The summed E-state index contributed by atoms with van der Waals surface area (Å²) in [6, 6.07) is 56.0. The molecule has 10 rings (SSSR count). The third kappa shape index (κ3) is 16.7. The Morgan fingerprint density at radius 3 is 1.49 bits per heavy atom. The van der Waals surface area contributed by atoms with E-state index in [0.717, 1.165) is 16.7 Å². The molecule has 26 nitrogen and oxygen atoms in total. The van der Waals surface area contributed by atoms with Gasteiger partial charge in [0.1, 0.15) is 71.9 Å². The number of esters is 2. The van der Waals surface area contributed by atoms with E-state index in [1.165, 1.54) is 15.3 Å². The Morgan fingerprint density at radius 2 is 1.02 bits per heavy atom. The molecule has 2 aliphatic heterocycles. The van der Waals surface area contributed by atoms with Crippen LogP contribution in [0, 0.1) is 36.5 Å². The topological polar surface area (TPSA) is 337 Å². The number of anilines is 1. The van der Waals surface area contributed by atoms with Crippen LogP contribution < -0.4 is 31.5 Å². The molecule has 8 aromatic rings. The zero-order valence-electron chi connectivity index (χ0n) is 59.9. The summed E-state index contributed by atoms with van der Waals surface area (Å²) >= 11 is 0. The van der Waals surface area contributed by atoms with E-state index in [2.05, 4.69) is 40.7 Å². The zero-order valence-corrected chi connectivity index (χ0v) is 59.9. The standard InChI is InChI=1S/C60H63N7O9.C17H25N5O5/c1-40(2)51(63-56(70)76-57(4,5)6)54(68)73-39-58(65-66-61)52(74-60(45-25-17-11-18-26-45,46-27-19-12-20-28-46)47-31-35-49(72-8)36-32-47)41(3)53(75-58)67-38-37-50(62-55(67)69)64-59(42-21-13-9-14-22-42,43-23-15-10-16-24-43)44-29-33-48(71-7)34-30-44;1-9(2)11(4)15(24)26-8-17(20-21-18)13(23)12(5)14(27-17)22-7-6-10(3)19-16(22)25/h9-38,40-41,51-53H,39H2,1-8H3,(H,63,70)(H,62,64,69);6-7,9,11-14,23H,8H2,1-5H3/t41-,51-,52-,53+,58+;11-,12-,13-,14+,17+/m00/s1. The van der Waals surface area contributed by atoms with Crippen molar-refractivity contribution in [2.24, 2.45) is 39.8 Å². The number of aryl methyl sites for hydroxylation is 1. The van der Waals surface area contributed by atoms with Crippen molar-refractivity contribution < 1.29 is 57.4 Å². The normalized spacial score (nSPS) is 20.7. The minimum absolute atomic E-state index is 0.0613. The van der Waals surface area contributed by atoms with Crippen molar-refractivity contribution in [3.8, 4) is 11.5 Å². The molecule has 0 saturated carbocycles. The summed E-state index contributed by atoms with van der Waals surface area (Å²) in [4.78, 5) is 81.1. The highest BCUT2D eigenvalue weighted by Crippen LogP contribution is 2.51.